The molecule has 2 rings (SSSR count). The number of hydrogen-bond acceptors (Lipinski definition) is 2. The molecule has 1 saturated heterocycles. The predicted molar refractivity (Wildman–Crippen MR) is 60.1 cm³/mol. The van der Waals surface area contributed by atoms with Crippen molar-refractivity contribution in [1.29, 1.82) is 0 Å². The predicted octanol–water partition coefficient (Wildman–Crippen LogP) is 2.58. The summed E-state index contributed by atoms with van der Waals surface area (Å²) in [5, 5.41) is 9.53. The molecule has 0 amide bonds. The van der Waals surface area contributed by atoms with Gasteiger partial charge in [0.15, 0.2) is 0 Å². The summed E-state index contributed by atoms with van der Waals surface area (Å²) in [6.45, 7) is 2.67. The van der Waals surface area contributed by atoms with Crippen LogP contribution in [0.5, 0.6) is 0 Å². The van der Waals surface area contributed by atoms with Crippen LogP contribution < -0.4 is 0 Å². The Morgan fingerprint density at radius 1 is 1.69 bits per heavy atom. The summed E-state index contributed by atoms with van der Waals surface area (Å²) in [7, 11) is 0. The first-order chi connectivity index (χ1) is 7.58. The van der Waals surface area contributed by atoms with Gasteiger partial charge in [0.1, 0.15) is 5.69 Å². The van der Waals surface area contributed by atoms with Gasteiger partial charge in [0, 0.05) is 18.8 Å². The van der Waals surface area contributed by atoms with Crippen molar-refractivity contribution in [3.05, 3.63) is 23.0 Å². The highest BCUT2D eigenvalue weighted by molar-refractivity contribution is 6.30. The lowest BCUT2D eigenvalue weighted by molar-refractivity contribution is 0.00512. The number of nitrogens with zero attached hydrogens (tertiary/aromatic N) is 1. The molecule has 0 saturated carbocycles. The number of halogens is 1. The SMILES string of the molecule is CC1CC(n2cc(Cl)cc2C(=O)O)CCO1. The van der Waals surface area contributed by atoms with Crippen molar-refractivity contribution < 1.29 is 14.6 Å². The molecule has 1 aliphatic rings. The van der Waals surface area contributed by atoms with Crippen LogP contribution in [-0.4, -0.2) is 28.4 Å². The summed E-state index contributed by atoms with van der Waals surface area (Å²) in [4.78, 5) is 11.0. The van der Waals surface area contributed by atoms with E-state index in [0.29, 0.717) is 11.6 Å². The van der Waals surface area contributed by atoms with Gasteiger partial charge >= 0.3 is 5.97 Å². The van der Waals surface area contributed by atoms with Crippen molar-refractivity contribution in [3.63, 3.8) is 0 Å². The molecule has 16 heavy (non-hydrogen) atoms. The minimum absolute atomic E-state index is 0.168. The summed E-state index contributed by atoms with van der Waals surface area (Å²) < 4.78 is 7.20. The molecule has 4 nitrogen and oxygen atoms in total. The Morgan fingerprint density at radius 2 is 2.44 bits per heavy atom. The van der Waals surface area contributed by atoms with Crippen molar-refractivity contribution in [2.24, 2.45) is 0 Å². The zero-order valence-electron chi connectivity index (χ0n) is 9.02. The van der Waals surface area contributed by atoms with Gasteiger partial charge in [-0.3, -0.25) is 0 Å². The summed E-state index contributed by atoms with van der Waals surface area (Å²) in [5.74, 6) is -0.939. The van der Waals surface area contributed by atoms with Gasteiger partial charge in [-0.25, -0.2) is 4.79 Å². The third-order valence-electron chi connectivity index (χ3n) is 2.89. The highest BCUT2D eigenvalue weighted by atomic mass is 35.5. The monoisotopic (exact) mass is 243 g/mol. The van der Waals surface area contributed by atoms with Gasteiger partial charge in [0.25, 0.3) is 0 Å². The molecule has 1 aromatic heterocycles. The van der Waals surface area contributed by atoms with E-state index < -0.39 is 5.97 Å². The normalized spacial score (nSPS) is 25.6. The molecule has 2 heterocycles. The topological polar surface area (TPSA) is 51.5 Å². The highest BCUT2D eigenvalue weighted by Gasteiger charge is 2.24. The standard InChI is InChI=1S/C11H14ClNO3/c1-7-4-9(2-3-16-7)13-6-8(12)5-10(13)11(14)15/h5-7,9H,2-4H2,1H3,(H,14,15). The third kappa shape index (κ3) is 2.23. The van der Waals surface area contributed by atoms with Gasteiger partial charge in [0.05, 0.1) is 11.1 Å². The van der Waals surface area contributed by atoms with Gasteiger partial charge in [-0.2, -0.15) is 0 Å². The van der Waals surface area contributed by atoms with Gasteiger partial charge in [0.2, 0.25) is 0 Å². The number of carbonyl (C=O) groups is 1. The number of hydrogen-bond donors (Lipinski definition) is 1. The summed E-state index contributed by atoms with van der Waals surface area (Å²) in [6.07, 6.45) is 3.51. The number of rotatable bonds is 2. The number of aromatic nitrogens is 1. The zero-order valence-corrected chi connectivity index (χ0v) is 9.78. The van der Waals surface area contributed by atoms with E-state index in [4.69, 9.17) is 21.4 Å². The van der Waals surface area contributed by atoms with E-state index in [1.807, 2.05) is 6.92 Å². The molecule has 0 radical (unpaired) electrons. The Kier molecular flexibility index (Phi) is 3.21. The van der Waals surface area contributed by atoms with Gasteiger partial charge in [-0.15, -0.1) is 0 Å². The van der Waals surface area contributed by atoms with Crippen LogP contribution in [0.15, 0.2) is 12.3 Å². The second-order valence-electron chi connectivity index (χ2n) is 4.12. The van der Waals surface area contributed by atoms with E-state index >= 15 is 0 Å². The maximum absolute atomic E-state index is 11.0. The fourth-order valence-electron chi connectivity index (χ4n) is 2.15. The molecule has 0 aliphatic carbocycles. The first kappa shape index (κ1) is 11.5. The van der Waals surface area contributed by atoms with Crippen molar-refractivity contribution in [3.8, 4) is 0 Å². The van der Waals surface area contributed by atoms with Crippen LogP contribution >= 0.6 is 11.6 Å². The number of ether oxygens (including phenoxy) is 1. The molecule has 1 aromatic rings. The first-order valence-corrected chi connectivity index (χ1v) is 5.68. The van der Waals surface area contributed by atoms with Gasteiger partial charge in [-0.05, 0) is 25.8 Å². The Morgan fingerprint density at radius 3 is 3.06 bits per heavy atom. The van der Waals surface area contributed by atoms with Crippen LogP contribution in [0.3, 0.4) is 0 Å². The molecule has 2 unspecified atom stereocenters. The second-order valence-corrected chi connectivity index (χ2v) is 4.55. The van der Waals surface area contributed by atoms with Crippen molar-refractivity contribution in [1.82, 2.24) is 4.57 Å². The lowest BCUT2D eigenvalue weighted by Crippen LogP contribution is -2.26. The minimum atomic E-state index is -0.939. The minimum Gasteiger partial charge on any atom is -0.477 e. The van der Waals surface area contributed by atoms with Crippen LogP contribution in [0, 0.1) is 0 Å². The Balaban J connectivity index is 2.28. The Labute approximate surface area is 98.8 Å². The molecule has 1 N–H and O–H groups in total. The largest absolute Gasteiger partial charge is 0.477 e. The molecule has 0 bridgehead atoms. The lowest BCUT2D eigenvalue weighted by atomic mass is 10.0. The molecule has 1 aliphatic heterocycles. The molecule has 0 spiro atoms. The van der Waals surface area contributed by atoms with Crippen LogP contribution in [-0.2, 0) is 4.74 Å². The van der Waals surface area contributed by atoms with Gasteiger partial charge < -0.3 is 14.4 Å². The maximum atomic E-state index is 11.0. The molecule has 2 atom stereocenters. The van der Waals surface area contributed by atoms with Crippen LogP contribution in [0.2, 0.25) is 5.02 Å². The van der Waals surface area contributed by atoms with Crippen LogP contribution in [0.1, 0.15) is 36.3 Å². The maximum Gasteiger partial charge on any atom is 0.352 e. The van der Waals surface area contributed by atoms with Crippen molar-refractivity contribution >= 4 is 17.6 Å². The molecule has 88 valence electrons. The third-order valence-corrected chi connectivity index (χ3v) is 3.09. The van der Waals surface area contributed by atoms with E-state index in [1.54, 1.807) is 10.8 Å². The molecule has 1 fully saturated rings. The van der Waals surface area contributed by atoms with Crippen molar-refractivity contribution in [2.45, 2.75) is 31.9 Å². The molecular weight excluding hydrogens is 230 g/mol. The van der Waals surface area contributed by atoms with Gasteiger partial charge in [-0.1, -0.05) is 11.6 Å². The number of carboxylic acids is 1. The number of carboxylic acid groups (broad SMARTS) is 1. The molecular formula is C11H14ClNO3. The number of aromatic carboxylic acids is 1. The fraction of sp³-hybridized carbons (Fsp3) is 0.545. The quantitative estimate of drug-likeness (QED) is 0.869. The highest BCUT2D eigenvalue weighted by Crippen LogP contribution is 2.28. The smallest absolute Gasteiger partial charge is 0.352 e. The van der Waals surface area contributed by atoms with E-state index in [1.165, 1.54) is 6.07 Å². The first-order valence-electron chi connectivity index (χ1n) is 5.30. The summed E-state index contributed by atoms with van der Waals surface area (Å²) in [6, 6.07) is 1.66. The van der Waals surface area contributed by atoms with E-state index in [0.717, 1.165) is 12.8 Å². The fourth-order valence-corrected chi connectivity index (χ4v) is 2.35. The van der Waals surface area contributed by atoms with E-state index in [2.05, 4.69) is 0 Å². The summed E-state index contributed by atoms with van der Waals surface area (Å²) in [5.41, 5.74) is 0.254. The molecule has 5 heteroatoms. The van der Waals surface area contributed by atoms with E-state index in [-0.39, 0.29) is 17.8 Å². The second kappa shape index (κ2) is 4.47. The Hall–Kier alpha value is -1.00. The average molecular weight is 244 g/mol. The molecule has 0 aromatic carbocycles. The average Bonchev–Trinajstić information content (AvgIpc) is 2.60. The zero-order chi connectivity index (χ0) is 11.7. The lowest BCUT2D eigenvalue weighted by Gasteiger charge is -2.29. The van der Waals surface area contributed by atoms with E-state index in [9.17, 15) is 4.79 Å². The Bertz CT molecular complexity index is 402. The van der Waals surface area contributed by atoms with Crippen LogP contribution in [0.4, 0.5) is 0 Å². The van der Waals surface area contributed by atoms with Crippen LogP contribution in [0.25, 0.3) is 0 Å². The summed E-state index contributed by atoms with van der Waals surface area (Å²) >= 11 is 5.85. The van der Waals surface area contributed by atoms with Crippen molar-refractivity contribution in [2.75, 3.05) is 6.61 Å².